The molecule has 0 unspecified atom stereocenters. The van der Waals surface area contributed by atoms with Gasteiger partial charge in [-0.15, -0.1) is 0 Å². The van der Waals surface area contributed by atoms with E-state index in [1.54, 1.807) is 42.5 Å². The van der Waals surface area contributed by atoms with Gasteiger partial charge in [0.05, 0.1) is 62.5 Å². The van der Waals surface area contributed by atoms with Gasteiger partial charge in [0, 0.05) is 49.7 Å². The van der Waals surface area contributed by atoms with E-state index in [2.05, 4.69) is 12.1 Å². The third-order valence-electron chi connectivity index (χ3n) is 11.8. The number of hydrogen-bond donors (Lipinski definition) is 0. The Morgan fingerprint density at radius 3 is 1.48 bits per heavy atom. The molecule has 0 fully saturated rings. The van der Waals surface area contributed by atoms with Crippen LogP contribution in [0.3, 0.4) is 0 Å². The standard InChI is InChI=1S/C56H31F6N5/c57-55(58,59)40-24-25-43(48(30-40)56(60,61)62)36-23-26-52-45(27-36)44-21-11-12-22-51(44)67(52)53-46(41-19-9-7-17-37(41)32-63)28-39(29-47(53)42-20-10-8-18-38(42)33-64)54-65-49(34-13-3-1-4-14-34)31-50(66-54)35-15-5-2-6-16-35/h1-31H. The van der Waals surface area contributed by atoms with Crippen LogP contribution in [0.25, 0.3) is 94.8 Å². The van der Waals surface area contributed by atoms with Crippen LogP contribution >= 0.6 is 0 Å². The summed E-state index contributed by atoms with van der Waals surface area (Å²) < 4.78 is 86.9. The first-order valence-corrected chi connectivity index (χ1v) is 20.9. The topological polar surface area (TPSA) is 78.3 Å². The molecule has 0 saturated heterocycles. The molecule has 0 aliphatic rings. The number of aromatic nitrogens is 3. The lowest BCUT2D eigenvalue weighted by molar-refractivity contribution is -0.142. The summed E-state index contributed by atoms with van der Waals surface area (Å²) >= 11 is 0. The average molecular weight is 888 g/mol. The van der Waals surface area contributed by atoms with Gasteiger partial charge >= 0.3 is 12.4 Å². The molecule has 0 radical (unpaired) electrons. The van der Waals surface area contributed by atoms with Crippen molar-refractivity contribution >= 4 is 21.8 Å². The van der Waals surface area contributed by atoms with E-state index in [9.17, 15) is 36.9 Å². The van der Waals surface area contributed by atoms with Crippen LogP contribution in [-0.4, -0.2) is 14.5 Å². The molecule has 0 atom stereocenters. The third-order valence-corrected chi connectivity index (χ3v) is 11.8. The summed E-state index contributed by atoms with van der Waals surface area (Å²) in [5.74, 6) is 0.363. The summed E-state index contributed by atoms with van der Waals surface area (Å²) in [6.07, 6.45) is -10.1. The highest BCUT2D eigenvalue weighted by Crippen LogP contribution is 2.47. The Labute approximate surface area is 379 Å². The lowest BCUT2D eigenvalue weighted by atomic mass is 9.89. The van der Waals surface area contributed by atoms with Crippen molar-refractivity contribution in [1.29, 1.82) is 10.5 Å². The van der Waals surface area contributed by atoms with E-state index in [0.717, 1.165) is 17.2 Å². The van der Waals surface area contributed by atoms with Crippen LogP contribution in [-0.2, 0) is 12.4 Å². The minimum absolute atomic E-state index is 0.0570. The highest BCUT2D eigenvalue weighted by Gasteiger charge is 2.38. The molecular formula is C56H31F6N5. The summed E-state index contributed by atoms with van der Waals surface area (Å²) in [5, 5.41) is 22.4. The van der Waals surface area contributed by atoms with Crippen LogP contribution in [0, 0.1) is 22.7 Å². The molecule has 0 amide bonds. The van der Waals surface area contributed by atoms with Gasteiger partial charge < -0.3 is 4.57 Å². The number of fused-ring (bicyclic) bond motifs is 3. The van der Waals surface area contributed by atoms with Crippen molar-refractivity contribution in [2.75, 3.05) is 0 Å². The maximum absolute atomic E-state index is 14.6. The summed E-state index contributed by atoms with van der Waals surface area (Å²) in [6.45, 7) is 0. The Hall–Kier alpha value is -8.80. The van der Waals surface area contributed by atoms with E-state index in [4.69, 9.17) is 9.97 Å². The highest BCUT2D eigenvalue weighted by molar-refractivity contribution is 6.12. The van der Waals surface area contributed by atoms with Gasteiger partial charge in [-0.05, 0) is 71.8 Å². The molecule has 0 aliphatic carbocycles. The normalized spacial score (nSPS) is 11.7. The molecular weight excluding hydrogens is 857 g/mol. The fraction of sp³-hybridized carbons (Fsp3) is 0.0357. The van der Waals surface area contributed by atoms with Gasteiger partial charge in [-0.25, -0.2) is 9.97 Å². The van der Waals surface area contributed by atoms with Crippen molar-refractivity contribution in [3.8, 4) is 85.1 Å². The zero-order valence-corrected chi connectivity index (χ0v) is 34.9. The molecule has 322 valence electrons. The van der Waals surface area contributed by atoms with E-state index < -0.39 is 29.0 Å². The minimum atomic E-state index is -5.10. The lowest BCUT2D eigenvalue weighted by Crippen LogP contribution is -2.12. The van der Waals surface area contributed by atoms with Gasteiger partial charge in [0.15, 0.2) is 5.82 Å². The molecule has 0 aliphatic heterocycles. The summed E-state index contributed by atoms with van der Waals surface area (Å²) in [4.78, 5) is 10.3. The molecule has 67 heavy (non-hydrogen) atoms. The Morgan fingerprint density at radius 2 is 0.925 bits per heavy atom. The lowest BCUT2D eigenvalue weighted by Gasteiger charge is -2.22. The second-order valence-electron chi connectivity index (χ2n) is 15.8. The Morgan fingerprint density at radius 1 is 0.403 bits per heavy atom. The second-order valence-corrected chi connectivity index (χ2v) is 15.8. The second kappa shape index (κ2) is 16.6. The summed E-state index contributed by atoms with van der Waals surface area (Å²) in [6, 6.07) is 57.7. The quantitative estimate of drug-likeness (QED) is 0.149. The molecule has 2 aromatic heterocycles. The van der Waals surface area contributed by atoms with Crippen molar-refractivity contribution in [1.82, 2.24) is 14.5 Å². The Kier molecular flexibility index (Phi) is 10.5. The van der Waals surface area contributed by atoms with Gasteiger partial charge in [-0.2, -0.15) is 36.9 Å². The maximum atomic E-state index is 14.6. The number of rotatable bonds is 7. The maximum Gasteiger partial charge on any atom is 0.417 e. The monoisotopic (exact) mass is 887 g/mol. The zero-order chi connectivity index (χ0) is 46.5. The number of nitriles is 2. The van der Waals surface area contributed by atoms with Crippen molar-refractivity contribution < 1.29 is 26.3 Å². The van der Waals surface area contributed by atoms with E-state index in [1.165, 1.54) is 6.07 Å². The van der Waals surface area contributed by atoms with E-state index in [-0.39, 0.29) is 11.6 Å². The predicted octanol–water partition coefficient (Wildman–Crippen LogP) is 15.4. The molecule has 5 nitrogen and oxygen atoms in total. The number of para-hydroxylation sites is 1. The number of hydrogen-bond acceptors (Lipinski definition) is 4. The third kappa shape index (κ3) is 7.73. The van der Waals surface area contributed by atoms with Gasteiger partial charge in [0.1, 0.15) is 0 Å². The predicted molar refractivity (Wildman–Crippen MR) is 248 cm³/mol. The van der Waals surface area contributed by atoms with Crippen molar-refractivity contribution in [2.24, 2.45) is 0 Å². The van der Waals surface area contributed by atoms with Crippen molar-refractivity contribution in [2.45, 2.75) is 12.4 Å². The van der Waals surface area contributed by atoms with Crippen LogP contribution in [0.1, 0.15) is 22.3 Å². The first-order valence-electron chi connectivity index (χ1n) is 20.9. The number of nitrogens with zero attached hydrogens (tertiary/aromatic N) is 5. The van der Waals surface area contributed by atoms with Gasteiger partial charge in [0.2, 0.25) is 0 Å². The summed E-state index contributed by atoms with van der Waals surface area (Å²) in [7, 11) is 0. The van der Waals surface area contributed by atoms with Gasteiger partial charge in [-0.1, -0.05) is 127 Å². The summed E-state index contributed by atoms with van der Waals surface area (Å²) in [5.41, 5.74) is 5.01. The molecule has 10 rings (SSSR count). The SMILES string of the molecule is N#Cc1ccccc1-c1cc(-c2nc(-c3ccccc3)cc(-c3ccccc3)n2)cc(-c2ccccc2C#N)c1-n1c2ccccc2c2cc(-c3ccc(C(F)(F)F)cc3C(F)(F)F)ccc21. The van der Waals surface area contributed by atoms with E-state index >= 15 is 0 Å². The number of alkyl halides is 6. The first-order chi connectivity index (χ1) is 32.4. The van der Waals surface area contributed by atoms with Crippen LogP contribution in [0.15, 0.2) is 188 Å². The molecule has 0 spiro atoms. The van der Waals surface area contributed by atoms with Crippen molar-refractivity contribution in [3.05, 3.63) is 210 Å². The Balaban J connectivity index is 1.32. The number of benzene rings is 8. The van der Waals surface area contributed by atoms with Crippen LogP contribution in [0.4, 0.5) is 26.3 Å². The molecule has 10 aromatic rings. The van der Waals surface area contributed by atoms with E-state index in [0.29, 0.717) is 89.7 Å². The van der Waals surface area contributed by atoms with Gasteiger partial charge in [-0.3, -0.25) is 0 Å². The largest absolute Gasteiger partial charge is 0.417 e. The molecule has 8 aromatic carbocycles. The number of halogens is 6. The molecule has 0 saturated carbocycles. The minimum Gasteiger partial charge on any atom is -0.308 e. The molecule has 11 heteroatoms. The van der Waals surface area contributed by atoms with Crippen LogP contribution in [0.5, 0.6) is 0 Å². The average Bonchev–Trinajstić information content (AvgIpc) is 3.68. The molecule has 0 bridgehead atoms. The zero-order valence-electron chi connectivity index (χ0n) is 34.9. The van der Waals surface area contributed by atoms with Crippen LogP contribution < -0.4 is 0 Å². The molecule has 0 N–H and O–H groups in total. The Bertz CT molecular complexity index is 3500. The van der Waals surface area contributed by atoms with Crippen LogP contribution in [0.2, 0.25) is 0 Å². The first kappa shape index (κ1) is 42.2. The fourth-order valence-electron chi connectivity index (χ4n) is 8.72. The molecule has 2 heterocycles. The van der Waals surface area contributed by atoms with E-state index in [1.807, 2.05) is 126 Å². The van der Waals surface area contributed by atoms with Gasteiger partial charge in [0.25, 0.3) is 0 Å². The smallest absolute Gasteiger partial charge is 0.308 e. The highest BCUT2D eigenvalue weighted by atomic mass is 19.4. The van der Waals surface area contributed by atoms with Crippen molar-refractivity contribution in [3.63, 3.8) is 0 Å². The fourth-order valence-corrected chi connectivity index (χ4v) is 8.72.